The summed E-state index contributed by atoms with van der Waals surface area (Å²) in [7, 11) is 0. The number of carbonyl (C=O) groups is 1. The maximum absolute atomic E-state index is 12.9. The lowest BCUT2D eigenvalue weighted by atomic mass is 9.90. The molecule has 0 radical (unpaired) electrons. The van der Waals surface area contributed by atoms with Crippen LogP contribution in [0.3, 0.4) is 0 Å². The number of ether oxygens (including phenoxy) is 1. The number of nitrogens with two attached hydrogens (primary N) is 1. The SMILES string of the molecule is CC(C)(C)OC(=O)N(CC[C@@H]1C[C@@H]1C1CCN(c2ncc(Cl)cn2)CC1)c1cnc(N)c(Cl)c1. The van der Waals surface area contributed by atoms with Gasteiger partial charge in [0.1, 0.15) is 11.4 Å². The van der Waals surface area contributed by atoms with E-state index in [-0.39, 0.29) is 5.82 Å². The van der Waals surface area contributed by atoms with E-state index in [1.165, 1.54) is 6.42 Å². The van der Waals surface area contributed by atoms with Crippen molar-refractivity contribution in [3.8, 4) is 0 Å². The zero-order chi connectivity index (χ0) is 24.5. The first-order valence-corrected chi connectivity index (χ1v) is 12.5. The highest BCUT2D eigenvalue weighted by molar-refractivity contribution is 6.33. The highest BCUT2D eigenvalue weighted by Gasteiger charge is 2.43. The van der Waals surface area contributed by atoms with E-state index in [9.17, 15) is 4.79 Å². The Balaban J connectivity index is 1.32. The van der Waals surface area contributed by atoms with Gasteiger partial charge in [0.25, 0.3) is 0 Å². The average molecular weight is 507 g/mol. The van der Waals surface area contributed by atoms with E-state index in [2.05, 4.69) is 19.9 Å². The second-order valence-electron chi connectivity index (χ2n) is 10.2. The molecule has 34 heavy (non-hydrogen) atoms. The van der Waals surface area contributed by atoms with Crippen LogP contribution in [0.5, 0.6) is 0 Å². The summed E-state index contributed by atoms with van der Waals surface area (Å²) in [5, 5.41) is 0.878. The molecule has 2 atom stereocenters. The summed E-state index contributed by atoms with van der Waals surface area (Å²) in [6, 6.07) is 1.67. The molecular weight excluding hydrogens is 475 g/mol. The molecule has 4 rings (SSSR count). The van der Waals surface area contributed by atoms with E-state index in [0.717, 1.165) is 38.3 Å². The first-order chi connectivity index (χ1) is 16.1. The number of pyridine rings is 1. The van der Waals surface area contributed by atoms with Gasteiger partial charge >= 0.3 is 6.09 Å². The number of hydrogen-bond donors (Lipinski definition) is 1. The van der Waals surface area contributed by atoms with Gasteiger partial charge in [0.2, 0.25) is 5.95 Å². The zero-order valence-electron chi connectivity index (χ0n) is 19.9. The lowest BCUT2D eigenvalue weighted by molar-refractivity contribution is 0.0579. The van der Waals surface area contributed by atoms with Crippen LogP contribution in [0, 0.1) is 17.8 Å². The van der Waals surface area contributed by atoms with Crippen molar-refractivity contribution in [1.82, 2.24) is 15.0 Å². The Kier molecular flexibility index (Phi) is 7.38. The van der Waals surface area contributed by atoms with E-state index in [0.29, 0.717) is 40.0 Å². The van der Waals surface area contributed by atoms with Gasteiger partial charge < -0.3 is 15.4 Å². The number of halogens is 2. The third kappa shape index (κ3) is 6.21. The van der Waals surface area contributed by atoms with Gasteiger partial charge in [0.05, 0.1) is 34.3 Å². The van der Waals surface area contributed by atoms with Crippen molar-refractivity contribution in [3.63, 3.8) is 0 Å². The summed E-state index contributed by atoms with van der Waals surface area (Å²) in [5.74, 6) is 2.98. The molecule has 1 aliphatic heterocycles. The Morgan fingerprint density at radius 2 is 1.85 bits per heavy atom. The van der Waals surface area contributed by atoms with E-state index in [1.807, 2.05) is 20.8 Å². The minimum Gasteiger partial charge on any atom is -0.443 e. The summed E-state index contributed by atoms with van der Waals surface area (Å²) in [6.45, 7) is 8.03. The normalized spacial score (nSPS) is 20.8. The number of anilines is 3. The lowest BCUT2D eigenvalue weighted by Gasteiger charge is -2.32. The minimum absolute atomic E-state index is 0.243. The molecule has 0 spiro atoms. The molecule has 184 valence electrons. The number of amides is 1. The number of nitrogen functional groups attached to an aromatic ring is 1. The minimum atomic E-state index is -0.593. The fraction of sp³-hybridized carbons (Fsp3) is 0.583. The van der Waals surface area contributed by atoms with Crippen molar-refractivity contribution in [2.24, 2.45) is 17.8 Å². The molecule has 2 N–H and O–H groups in total. The Morgan fingerprint density at radius 3 is 2.47 bits per heavy atom. The van der Waals surface area contributed by atoms with E-state index in [4.69, 9.17) is 33.7 Å². The summed E-state index contributed by atoms with van der Waals surface area (Å²) in [6.07, 6.45) is 8.83. The van der Waals surface area contributed by atoms with E-state index in [1.54, 1.807) is 29.6 Å². The summed E-state index contributed by atoms with van der Waals surface area (Å²) in [5.41, 5.74) is 5.76. The van der Waals surface area contributed by atoms with Crippen molar-refractivity contribution in [2.75, 3.05) is 35.2 Å². The molecule has 3 heterocycles. The topological polar surface area (TPSA) is 97.5 Å². The molecule has 0 bridgehead atoms. The van der Waals surface area contributed by atoms with Gasteiger partial charge in [-0.3, -0.25) is 4.90 Å². The molecular formula is C24H32Cl2N6O2. The van der Waals surface area contributed by atoms with Crippen molar-refractivity contribution in [3.05, 3.63) is 34.7 Å². The second kappa shape index (κ2) is 10.1. The number of rotatable bonds is 6. The second-order valence-corrected chi connectivity index (χ2v) is 11.0. The monoisotopic (exact) mass is 506 g/mol. The fourth-order valence-corrected chi connectivity index (χ4v) is 4.96. The molecule has 10 heteroatoms. The number of piperidine rings is 1. The smallest absolute Gasteiger partial charge is 0.414 e. The van der Waals surface area contributed by atoms with Crippen LogP contribution in [0.25, 0.3) is 0 Å². The van der Waals surface area contributed by atoms with Crippen LogP contribution in [0.4, 0.5) is 22.2 Å². The Hall–Kier alpha value is -2.32. The first-order valence-electron chi connectivity index (χ1n) is 11.7. The van der Waals surface area contributed by atoms with Crippen molar-refractivity contribution < 1.29 is 9.53 Å². The zero-order valence-corrected chi connectivity index (χ0v) is 21.4. The Labute approximate surface area is 210 Å². The molecule has 1 saturated carbocycles. The molecule has 1 amide bonds. The first kappa shape index (κ1) is 24.8. The number of aromatic nitrogens is 3. The predicted molar refractivity (Wildman–Crippen MR) is 135 cm³/mol. The molecule has 0 unspecified atom stereocenters. The quantitative estimate of drug-likeness (QED) is 0.556. The van der Waals surface area contributed by atoms with Gasteiger partial charge in [-0.25, -0.2) is 19.7 Å². The van der Waals surface area contributed by atoms with Gasteiger partial charge in [-0.05, 0) is 70.3 Å². The van der Waals surface area contributed by atoms with E-state index >= 15 is 0 Å². The third-order valence-electron chi connectivity index (χ3n) is 6.52. The molecule has 2 fully saturated rings. The van der Waals surface area contributed by atoms with Gasteiger partial charge in [0, 0.05) is 19.6 Å². The number of nitrogens with zero attached hydrogens (tertiary/aromatic N) is 5. The molecule has 1 saturated heterocycles. The Morgan fingerprint density at radius 1 is 1.18 bits per heavy atom. The molecule has 0 aromatic carbocycles. The number of carbonyl (C=O) groups excluding carboxylic acids is 1. The highest BCUT2D eigenvalue weighted by Crippen LogP contribution is 2.50. The van der Waals surface area contributed by atoms with Crippen LogP contribution in [0.2, 0.25) is 10.0 Å². The molecule has 8 nitrogen and oxygen atoms in total. The van der Waals surface area contributed by atoms with E-state index < -0.39 is 11.7 Å². The molecule has 1 aliphatic carbocycles. The standard InChI is InChI=1S/C24H32Cl2N6O2/c1-24(2,3)34-23(33)32(18-11-20(26)21(27)28-14-18)9-6-16-10-19(16)15-4-7-31(8-5-15)22-29-12-17(25)13-30-22/h11-16,19H,4-10H2,1-3H3,(H2,27,28)/t16-,19-/m1/s1. The van der Waals surface area contributed by atoms with Crippen LogP contribution in [-0.4, -0.2) is 46.3 Å². The average Bonchev–Trinajstić information content (AvgIpc) is 3.55. The van der Waals surface area contributed by atoms with Crippen LogP contribution in [0.1, 0.15) is 46.5 Å². The Bertz CT molecular complexity index is 1010. The van der Waals surface area contributed by atoms with Crippen LogP contribution in [-0.2, 0) is 4.74 Å². The summed E-state index contributed by atoms with van der Waals surface area (Å²) in [4.78, 5) is 29.6. The van der Waals surface area contributed by atoms with Crippen molar-refractivity contribution in [2.45, 2.75) is 52.1 Å². The number of hydrogen-bond acceptors (Lipinski definition) is 7. The van der Waals surface area contributed by atoms with Gasteiger partial charge in [0.15, 0.2) is 0 Å². The van der Waals surface area contributed by atoms with Gasteiger partial charge in [-0.1, -0.05) is 23.2 Å². The highest BCUT2D eigenvalue weighted by atomic mass is 35.5. The van der Waals surface area contributed by atoms with Gasteiger partial charge in [-0.2, -0.15) is 0 Å². The summed E-state index contributed by atoms with van der Waals surface area (Å²) < 4.78 is 5.64. The van der Waals surface area contributed by atoms with Crippen LogP contribution in [0.15, 0.2) is 24.7 Å². The largest absolute Gasteiger partial charge is 0.443 e. The van der Waals surface area contributed by atoms with Crippen LogP contribution >= 0.6 is 23.2 Å². The fourth-order valence-electron chi connectivity index (χ4n) is 4.70. The lowest BCUT2D eigenvalue weighted by Crippen LogP contribution is -2.38. The predicted octanol–water partition coefficient (Wildman–Crippen LogP) is 5.44. The molecule has 2 aliphatic rings. The molecule has 2 aromatic rings. The third-order valence-corrected chi connectivity index (χ3v) is 7.01. The maximum atomic E-state index is 12.9. The maximum Gasteiger partial charge on any atom is 0.414 e. The molecule has 2 aromatic heterocycles. The van der Waals surface area contributed by atoms with Gasteiger partial charge in [-0.15, -0.1) is 0 Å². The van der Waals surface area contributed by atoms with Crippen molar-refractivity contribution >= 4 is 46.7 Å². The summed E-state index contributed by atoms with van der Waals surface area (Å²) >= 11 is 12.1. The van der Waals surface area contributed by atoms with Crippen LogP contribution < -0.4 is 15.5 Å². The van der Waals surface area contributed by atoms with Crippen molar-refractivity contribution in [1.29, 1.82) is 0 Å².